The van der Waals surface area contributed by atoms with Crippen LogP contribution in [-0.4, -0.2) is 34.1 Å². The molecule has 0 bridgehead atoms. The molecule has 106 valence electrons. The number of aromatic nitrogens is 2. The molecule has 0 spiro atoms. The van der Waals surface area contributed by atoms with E-state index >= 15 is 0 Å². The zero-order valence-electron chi connectivity index (χ0n) is 11.6. The van der Waals surface area contributed by atoms with Crippen molar-refractivity contribution >= 4 is 5.91 Å². The van der Waals surface area contributed by atoms with Crippen LogP contribution in [0.4, 0.5) is 0 Å². The molecule has 0 aromatic carbocycles. The molecule has 19 heavy (non-hydrogen) atoms. The predicted molar refractivity (Wildman–Crippen MR) is 74.7 cm³/mol. The summed E-state index contributed by atoms with van der Waals surface area (Å²) in [5, 5.41) is 6.36. The van der Waals surface area contributed by atoms with Crippen molar-refractivity contribution in [1.29, 1.82) is 0 Å². The highest BCUT2D eigenvalue weighted by Crippen LogP contribution is 2.17. The van der Waals surface area contributed by atoms with Gasteiger partial charge in [0.15, 0.2) is 0 Å². The van der Waals surface area contributed by atoms with Crippen molar-refractivity contribution in [2.45, 2.75) is 57.7 Å². The lowest BCUT2D eigenvalue weighted by Gasteiger charge is -2.23. The van der Waals surface area contributed by atoms with E-state index in [0.29, 0.717) is 12.6 Å². The molecular weight excluding hydrogens is 240 g/mol. The number of nitrogens with one attached hydrogen (secondary N) is 2. The van der Waals surface area contributed by atoms with Gasteiger partial charge in [0.1, 0.15) is 0 Å². The third-order valence-corrected chi connectivity index (χ3v) is 3.63. The van der Waals surface area contributed by atoms with Crippen molar-refractivity contribution in [3.05, 3.63) is 18.7 Å². The molecule has 1 heterocycles. The van der Waals surface area contributed by atoms with E-state index in [1.54, 1.807) is 12.5 Å². The Balaban J connectivity index is 1.62. The second kappa shape index (κ2) is 7.28. The number of hydrogen-bond donors (Lipinski definition) is 2. The molecular formula is C14H24N4O. The van der Waals surface area contributed by atoms with E-state index in [9.17, 15) is 4.79 Å². The summed E-state index contributed by atoms with van der Waals surface area (Å²) in [6, 6.07) is 0.651. The van der Waals surface area contributed by atoms with Gasteiger partial charge in [0.05, 0.1) is 12.9 Å². The van der Waals surface area contributed by atoms with Crippen molar-refractivity contribution in [2.75, 3.05) is 6.54 Å². The first kappa shape index (κ1) is 14.1. The fourth-order valence-corrected chi connectivity index (χ4v) is 2.57. The standard InChI is InChI=1S/C14H24N4O/c1-12(10-18-8-7-15-11-18)16-9-14(19)17-13-5-3-2-4-6-13/h7-8,11-13,16H,2-6,9-10H2,1H3,(H,17,19). The number of carbonyl (C=O) groups is 1. The molecule has 0 saturated heterocycles. The molecule has 1 unspecified atom stereocenters. The first-order chi connectivity index (χ1) is 9.24. The molecule has 1 aliphatic rings. The molecule has 1 amide bonds. The molecule has 1 atom stereocenters. The largest absolute Gasteiger partial charge is 0.352 e. The Morgan fingerprint density at radius 2 is 2.21 bits per heavy atom. The summed E-state index contributed by atoms with van der Waals surface area (Å²) in [7, 11) is 0. The number of rotatable bonds is 6. The van der Waals surface area contributed by atoms with Gasteiger partial charge in [-0.1, -0.05) is 19.3 Å². The first-order valence-corrected chi connectivity index (χ1v) is 7.22. The van der Waals surface area contributed by atoms with E-state index in [1.165, 1.54) is 19.3 Å². The van der Waals surface area contributed by atoms with Gasteiger partial charge in [0.25, 0.3) is 0 Å². The Morgan fingerprint density at radius 3 is 2.89 bits per heavy atom. The molecule has 1 fully saturated rings. The van der Waals surface area contributed by atoms with Gasteiger partial charge in [0, 0.05) is 31.0 Å². The van der Waals surface area contributed by atoms with Gasteiger partial charge in [-0.25, -0.2) is 4.98 Å². The molecule has 5 nitrogen and oxygen atoms in total. The molecule has 0 aliphatic heterocycles. The monoisotopic (exact) mass is 264 g/mol. The Labute approximate surface area is 114 Å². The summed E-state index contributed by atoms with van der Waals surface area (Å²) in [5.41, 5.74) is 0. The third kappa shape index (κ3) is 5.03. The molecule has 1 saturated carbocycles. The van der Waals surface area contributed by atoms with Crippen LogP contribution in [0.25, 0.3) is 0 Å². The maximum Gasteiger partial charge on any atom is 0.234 e. The second-order valence-electron chi connectivity index (χ2n) is 5.44. The molecule has 1 aromatic heterocycles. The zero-order chi connectivity index (χ0) is 13.5. The normalized spacial score (nSPS) is 18.2. The third-order valence-electron chi connectivity index (χ3n) is 3.63. The maximum atomic E-state index is 11.8. The minimum Gasteiger partial charge on any atom is -0.352 e. The quantitative estimate of drug-likeness (QED) is 0.814. The average Bonchev–Trinajstić information content (AvgIpc) is 2.90. The van der Waals surface area contributed by atoms with Gasteiger partial charge >= 0.3 is 0 Å². The van der Waals surface area contributed by atoms with Crippen LogP contribution in [0.3, 0.4) is 0 Å². The van der Waals surface area contributed by atoms with Crippen molar-refractivity contribution in [3.63, 3.8) is 0 Å². The Bertz CT molecular complexity index is 371. The van der Waals surface area contributed by atoms with Crippen LogP contribution in [0, 0.1) is 0 Å². The summed E-state index contributed by atoms with van der Waals surface area (Å²) in [5.74, 6) is 0.115. The zero-order valence-corrected chi connectivity index (χ0v) is 11.6. The van der Waals surface area contributed by atoms with Crippen molar-refractivity contribution in [1.82, 2.24) is 20.2 Å². The van der Waals surface area contributed by atoms with Gasteiger partial charge in [-0.05, 0) is 19.8 Å². The molecule has 1 aromatic rings. The van der Waals surface area contributed by atoms with Crippen molar-refractivity contribution < 1.29 is 4.79 Å². The number of carbonyl (C=O) groups excluding carboxylic acids is 1. The van der Waals surface area contributed by atoms with Crippen LogP contribution in [0.1, 0.15) is 39.0 Å². The van der Waals surface area contributed by atoms with Gasteiger partial charge in [-0.3, -0.25) is 4.79 Å². The van der Waals surface area contributed by atoms with Crippen LogP contribution in [0.5, 0.6) is 0 Å². The fraction of sp³-hybridized carbons (Fsp3) is 0.714. The minimum atomic E-state index is 0.115. The van der Waals surface area contributed by atoms with Gasteiger partial charge < -0.3 is 15.2 Å². The molecule has 5 heteroatoms. The number of amides is 1. The van der Waals surface area contributed by atoms with Crippen LogP contribution < -0.4 is 10.6 Å². The van der Waals surface area contributed by atoms with E-state index in [4.69, 9.17) is 0 Å². The summed E-state index contributed by atoms with van der Waals surface area (Å²) in [6.45, 7) is 3.30. The smallest absolute Gasteiger partial charge is 0.234 e. The highest BCUT2D eigenvalue weighted by molar-refractivity contribution is 5.78. The topological polar surface area (TPSA) is 59.0 Å². The Kier molecular flexibility index (Phi) is 5.39. The lowest BCUT2D eigenvalue weighted by molar-refractivity contribution is -0.121. The van der Waals surface area contributed by atoms with E-state index in [2.05, 4.69) is 22.5 Å². The fourth-order valence-electron chi connectivity index (χ4n) is 2.57. The highest BCUT2D eigenvalue weighted by atomic mass is 16.1. The molecule has 2 rings (SSSR count). The number of hydrogen-bond acceptors (Lipinski definition) is 3. The van der Waals surface area contributed by atoms with Crippen LogP contribution in [-0.2, 0) is 11.3 Å². The van der Waals surface area contributed by atoms with E-state index in [0.717, 1.165) is 19.4 Å². The predicted octanol–water partition coefficient (Wildman–Crippen LogP) is 1.31. The number of nitrogens with zero attached hydrogens (tertiary/aromatic N) is 2. The van der Waals surface area contributed by atoms with Crippen LogP contribution >= 0.6 is 0 Å². The van der Waals surface area contributed by atoms with Crippen LogP contribution in [0.2, 0.25) is 0 Å². The van der Waals surface area contributed by atoms with Gasteiger partial charge in [-0.2, -0.15) is 0 Å². The lowest BCUT2D eigenvalue weighted by atomic mass is 9.95. The Hall–Kier alpha value is -1.36. The summed E-state index contributed by atoms with van der Waals surface area (Å²) in [6.07, 6.45) is 11.6. The van der Waals surface area contributed by atoms with E-state index < -0.39 is 0 Å². The first-order valence-electron chi connectivity index (χ1n) is 7.22. The SMILES string of the molecule is CC(Cn1ccnc1)NCC(=O)NC1CCCCC1. The summed E-state index contributed by atoms with van der Waals surface area (Å²) >= 11 is 0. The maximum absolute atomic E-state index is 11.8. The lowest BCUT2D eigenvalue weighted by Crippen LogP contribution is -2.44. The molecule has 2 N–H and O–H groups in total. The van der Waals surface area contributed by atoms with Crippen molar-refractivity contribution in [3.8, 4) is 0 Å². The highest BCUT2D eigenvalue weighted by Gasteiger charge is 2.15. The molecule has 1 aliphatic carbocycles. The number of imidazole rings is 1. The summed E-state index contributed by atoms with van der Waals surface area (Å²) < 4.78 is 2.01. The van der Waals surface area contributed by atoms with Crippen molar-refractivity contribution in [2.24, 2.45) is 0 Å². The molecule has 0 radical (unpaired) electrons. The Morgan fingerprint density at radius 1 is 1.42 bits per heavy atom. The second-order valence-corrected chi connectivity index (χ2v) is 5.44. The summed E-state index contributed by atoms with van der Waals surface area (Å²) in [4.78, 5) is 15.8. The van der Waals surface area contributed by atoms with Gasteiger partial charge in [-0.15, -0.1) is 0 Å². The minimum absolute atomic E-state index is 0.115. The average molecular weight is 264 g/mol. The van der Waals surface area contributed by atoms with Gasteiger partial charge in [0.2, 0.25) is 5.91 Å². The van der Waals surface area contributed by atoms with E-state index in [1.807, 2.05) is 10.8 Å². The van der Waals surface area contributed by atoms with E-state index in [-0.39, 0.29) is 11.9 Å². The van der Waals surface area contributed by atoms with Crippen LogP contribution in [0.15, 0.2) is 18.7 Å².